The van der Waals surface area contributed by atoms with Gasteiger partial charge in [0.1, 0.15) is 0 Å². The summed E-state index contributed by atoms with van der Waals surface area (Å²) >= 11 is 0. The molecule has 0 radical (unpaired) electrons. The minimum Gasteiger partial charge on any atom is -0.394 e. The lowest BCUT2D eigenvalue weighted by molar-refractivity contribution is 0.0748. The molecule has 0 bridgehead atoms. The number of rotatable bonds is 3. The van der Waals surface area contributed by atoms with Gasteiger partial charge in [-0.2, -0.15) is 0 Å². The summed E-state index contributed by atoms with van der Waals surface area (Å²) in [6.07, 6.45) is 0. The molecule has 0 aliphatic carbocycles. The van der Waals surface area contributed by atoms with Crippen molar-refractivity contribution in [3.63, 3.8) is 0 Å². The fourth-order valence-corrected chi connectivity index (χ4v) is 2.24. The molecule has 1 N–H and O–H groups in total. The Hall–Kier alpha value is -0.900. The molecule has 3 nitrogen and oxygen atoms in total. The number of aliphatic hydroxyl groups is 1. The monoisotopic (exact) mass is 220 g/mol. The quantitative estimate of drug-likeness (QED) is 0.822. The highest BCUT2D eigenvalue weighted by atomic mass is 16.3. The summed E-state index contributed by atoms with van der Waals surface area (Å²) in [4.78, 5) is 4.70. The maximum Gasteiger partial charge on any atom is 0.0628 e. The molecule has 0 aromatic heterocycles. The van der Waals surface area contributed by atoms with Crippen LogP contribution in [0.3, 0.4) is 0 Å². The molecule has 88 valence electrons. The number of piperazine rings is 1. The van der Waals surface area contributed by atoms with E-state index in [0.717, 1.165) is 26.2 Å². The molecule has 16 heavy (non-hydrogen) atoms. The van der Waals surface area contributed by atoms with Gasteiger partial charge in [-0.05, 0) is 12.6 Å². The molecule has 2 rings (SSSR count). The highest BCUT2D eigenvalue weighted by Crippen LogP contribution is 2.20. The smallest absolute Gasteiger partial charge is 0.0628 e. The van der Waals surface area contributed by atoms with E-state index >= 15 is 0 Å². The maximum atomic E-state index is 9.54. The number of benzene rings is 1. The summed E-state index contributed by atoms with van der Waals surface area (Å²) in [6, 6.07) is 10.4. The van der Waals surface area contributed by atoms with Crippen molar-refractivity contribution < 1.29 is 5.11 Å². The van der Waals surface area contributed by atoms with Crippen molar-refractivity contribution in [3.8, 4) is 0 Å². The van der Waals surface area contributed by atoms with Crippen LogP contribution in [0.15, 0.2) is 30.3 Å². The summed E-state index contributed by atoms with van der Waals surface area (Å²) in [5, 5.41) is 9.54. The molecule has 1 aromatic rings. The molecule has 1 heterocycles. The first-order valence-electron chi connectivity index (χ1n) is 5.89. The fourth-order valence-electron chi connectivity index (χ4n) is 2.24. The van der Waals surface area contributed by atoms with Crippen molar-refractivity contribution in [2.45, 2.75) is 6.04 Å². The summed E-state index contributed by atoms with van der Waals surface area (Å²) in [7, 11) is 2.15. The summed E-state index contributed by atoms with van der Waals surface area (Å²) in [6.45, 7) is 4.45. The van der Waals surface area contributed by atoms with E-state index in [4.69, 9.17) is 0 Å². The zero-order valence-corrected chi connectivity index (χ0v) is 9.84. The van der Waals surface area contributed by atoms with Gasteiger partial charge in [-0.1, -0.05) is 30.3 Å². The molecule has 1 aliphatic rings. The van der Waals surface area contributed by atoms with E-state index in [1.807, 2.05) is 18.2 Å². The van der Waals surface area contributed by atoms with E-state index in [0.29, 0.717) is 0 Å². The van der Waals surface area contributed by atoms with Gasteiger partial charge in [0.05, 0.1) is 12.6 Å². The van der Waals surface area contributed by atoms with Gasteiger partial charge in [-0.15, -0.1) is 0 Å². The zero-order valence-electron chi connectivity index (χ0n) is 9.84. The van der Waals surface area contributed by atoms with Crippen molar-refractivity contribution in [3.05, 3.63) is 35.9 Å². The number of hydrogen-bond donors (Lipinski definition) is 1. The Bertz CT molecular complexity index is 307. The van der Waals surface area contributed by atoms with Crippen molar-refractivity contribution in [2.24, 2.45) is 0 Å². The average molecular weight is 220 g/mol. The Morgan fingerprint density at radius 2 is 1.75 bits per heavy atom. The molecule has 0 spiro atoms. The third kappa shape index (κ3) is 2.61. The lowest BCUT2D eigenvalue weighted by atomic mass is 10.1. The Morgan fingerprint density at radius 1 is 1.12 bits per heavy atom. The highest BCUT2D eigenvalue weighted by Gasteiger charge is 2.22. The third-order valence-electron chi connectivity index (χ3n) is 3.34. The second kappa shape index (κ2) is 5.43. The van der Waals surface area contributed by atoms with Gasteiger partial charge in [0, 0.05) is 26.2 Å². The van der Waals surface area contributed by atoms with Gasteiger partial charge in [0.2, 0.25) is 0 Å². The Kier molecular flexibility index (Phi) is 3.93. The second-order valence-corrected chi connectivity index (χ2v) is 4.45. The summed E-state index contributed by atoms with van der Waals surface area (Å²) in [5.41, 5.74) is 1.22. The maximum absolute atomic E-state index is 9.54. The summed E-state index contributed by atoms with van der Waals surface area (Å²) < 4.78 is 0. The third-order valence-corrected chi connectivity index (χ3v) is 3.34. The van der Waals surface area contributed by atoms with Gasteiger partial charge in [0.25, 0.3) is 0 Å². The van der Waals surface area contributed by atoms with Crippen LogP contribution >= 0.6 is 0 Å². The molecule has 1 atom stereocenters. The normalized spacial score (nSPS) is 20.9. The van der Waals surface area contributed by atoms with Crippen LogP contribution in [0.1, 0.15) is 11.6 Å². The van der Waals surface area contributed by atoms with Crippen molar-refractivity contribution in [2.75, 3.05) is 39.8 Å². The van der Waals surface area contributed by atoms with E-state index in [-0.39, 0.29) is 12.6 Å². The van der Waals surface area contributed by atoms with Crippen LogP contribution in [0.2, 0.25) is 0 Å². The minimum absolute atomic E-state index is 0.162. The average Bonchev–Trinajstić information content (AvgIpc) is 2.34. The van der Waals surface area contributed by atoms with E-state index < -0.39 is 0 Å². The first-order chi connectivity index (χ1) is 7.81. The number of nitrogens with zero attached hydrogens (tertiary/aromatic N) is 2. The van der Waals surface area contributed by atoms with Crippen LogP contribution in [0, 0.1) is 0 Å². The van der Waals surface area contributed by atoms with Gasteiger partial charge >= 0.3 is 0 Å². The van der Waals surface area contributed by atoms with Crippen LogP contribution in [0.4, 0.5) is 0 Å². The van der Waals surface area contributed by atoms with E-state index in [1.165, 1.54) is 5.56 Å². The van der Waals surface area contributed by atoms with Crippen LogP contribution < -0.4 is 0 Å². The van der Waals surface area contributed by atoms with Crippen molar-refractivity contribution in [1.82, 2.24) is 9.80 Å². The molecule has 1 fully saturated rings. The predicted molar refractivity (Wildman–Crippen MR) is 65.3 cm³/mol. The lowest BCUT2D eigenvalue weighted by Gasteiger charge is -2.37. The molecule has 0 saturated carbocycles. The van der Waals surface area contributed by atoms with Crippen molar-refractivity contribution >= 4 is 0 Å². The first kappa shape index (κ1) is 11.6. The molecule has 3 heteroatoms. The molecule has 1 saturated heterocycles. The standard InChI is InChI=1S/C13H20N2O/c1-14-7-9-15(10-8-14)13(11-16)12-5-3-2-4-6-12/h2-6,13,16H,7-11H2,1H3. The lowest BCUT2D eigenvalue weighted by Crippen LogP contribution is -2.46. The molecular weight excluding hydrogens is 200 g/mol. The molecule has 1 aliphatic heterocycles. The number of aliphatic hydroxyl groups excluding tert-OH is 1. The SMILES string of the molecule is CN1CCN(C(CO)c2ccccc2)CC1. The van der Waals surface area contributed by atoms with Gasteiger partial charge in [-0.3, -0.25) is 4.90 Å². The Morgan fingerprint density at radius 3 is 2.31 bits per heavy atom. The number of hydrogen-bond acceptors (Lipinski definition) is 3. The van der Waals surface area contributed by atoms with Crippen LogP contribution in [0.25, 0.3) is 0 Å². The van der Waals surface area contributed by atoms with Gasteiger partial charge in [-0.25, -0.2) is 0 Å². The van der Waals surface area contributed by atoms with Crippen LogP contribution in [-0.2, 0) is 0 Å². The van der Waals surface area contributed by atoms with E-state index in [2.05, 4.69) is 29.0 Å². The predicted octanol–water partition coefficient (Wildman–Crippen LogP) is 0.967. The van der Waals surface area contributed by atoms with E-state index in [9.17, 15) is 5.11 Å². The highest BCUT2D eigenvalue weighted by molar-refractivity contribution is 5.19. The van der Waals surface area contributed by atoms with Gasteiger partial charge in [0.15, 0.2) is 0 Å². The Balaban J connectivity index is 2.05. The molecule has 0 amide bonds. The molecule has 1 unspecified atom stereocenters. The van der Waals surface area contributed by atoms with Gasteiger partial charge < -0.3 is 10.0 Å². The summed E-state index contributed by atoms with van der Waals surface area (Å²) in [5.74, 6) is 0. The topological polar surface area (TPSA) is 26.7 Å². The molecular formula is C13H20N2O. The Labute approximate surface area is 97.3 Å². The largest absolute Gasteiger partial charge is 0.394 e. The fraction of sp³-hybridized carbons (Fsp3) is 0.538. The van der Waals surface area contributed by atoms with E-state index in [1.54, 1.807) is 0 Å². The van der Waals surface area contributed by atoms with Crippen molar-refractivity contribution in [1.29, 1.82) is 0 Å². The molecule has 1 aromatic carbocycles. The minimum atomic E-state index is 0.162. The number of likely N-dealkylation sites (N-methyl/N-ethyl adjacent to an activating group) is 1. The zero-order chi connectivity index (χ0) is 11.4. The first-order valence-corrected chi connectivity index (χ1v) is 5.89. The second-order valence-electron chi connectivity index (χ2n) is 4.45. The van der Waals surface area contributed by atoms with Crippen LogP contribution in [-0.4, -0.2) is 54.7 Å². The van der Waals surface area contributed by atoms with Crippen LogP contribution in [0.5, 0.6) is 0 Å².